The topological polar surface area (TPSA) is 60.0 Å². The van der Waals surface area contributed by atoms with E-state index in [9.17, 15) is 9.18 Å². The van der Waals surface area contributed by atoms with Crippen LogP contribution in [0.25, 0.3) is 0 Å². The van der Waals surface area contributed by atoms with Crippen molar-refractivity contribution in [1.82, 2.24) is 4.57 Å². The molecule has 0 radical (unpaired) electrons. The number of fused-ring (bicyclic) bond motifs is 1. The van der Waals surface area contributed by atoms with E-state index in [1.165, 1.54) is 17.8 Å². The quantitative estimate of drug-likeness (QED) is 0.738. The Labute approximate surface area is 139 Å². The summed E-state index contributed by atoms with van der Waals surface area (Å²) in [7, 11) is 0. The van der Waals surface area contributed by atoms with Crippen LogP contribution in [0.4, 0.5) is 15.8 Å². The van der Waals surface area contributed by atoms with Crippen LogP contribution in [0, 0.1) is 16.3 Å². The van der Waals surface area contributed by atoms with Crippen molar-refractivity contribution in [2.45, 2.75) is 23.9 Å². The highest BCUT2D eigenvalue weighted by atomic mass is 127. The second-order valence-electron chi connectivity index (χ2n) is 4.84. The van der Waals surface area contributed by atoms with Crippen LogP contribution in [-0.4, -0.2) is 9.94 Å². The molecule has 110 valence electrons. The molecule has 1 aliphatic heterocycles. The molecule has 3 N–H and O–H groups in total. The van der Waals surface area contributed by atoms with Crippen molar-refractivity contribution in [3.05, 3.63) is 49.6 Å². The minimum absolute atomic E-state index is 0.0821. The van der Waals surface area contributed by atoms with Crippen molar-refractivity contribution in [3.63, 3.8) is 0 Å². The molecule has 0 fully saturated rings. The lowest BCUT2D eigenvalue weighted by Gasteiger charge is -2.13. The number of benzene rings is 1. The molecule has 0 saturated heterocycles. The number of aromatic nitrogens is 1. The van der Waals surface area contributed by atoms with E-state index in [1.807, 2.05) is 12.1 Å². The number of halogens is 2. The van der Waals surface area contributed by atoms with Gasteiger partial charge in [-0.25, -0.2) is 4.39 Å². The number of pyridine rings is 1. The predicted octanol–water partition coefficient (Wildman–Crippen LogP) is 3.03. The van der Waals surface area contributed by atoms with Crippen molar-refractivity contribution in [1.29, 1.82) is 0 Å². The first-order valence-electron chi connectivity index (χ1n) is 6.34. The van der Waals surface area contributed by atoms with Crippen LogP contribution in [0.1, 0.15) is 5.56 Å². The Kier molecular flexibility index (Phi) is 3.98. The van der Waals surface area contributed by atoms with Gasteiger partial charge in [0.1, 0.15) is 5.82 Å². The highest BCUT2D eigenvalue weighted by Gasteiger charge is 2.22. The van der Waals surface area contributed by atoms with Crippen LogP contribution in [0.2, 0.25) is 0 Å². The third-order valence-corrected chi connectivity index (χ3v) is 5.04. The molecule has 7 heteroatoms. The molecule has 1 aromatic heterocycles. The summed E-state index contributed by atoms with van der Waals surface area (Å²) in [6.45, 7) is 2.24. The lowest BCUT2D eigenvalue weighted by molar-refractivity contribution is 0.628. The maximum Gasteiger partial charge on any atom is 0.256 e. The molecule has 0 saturated carbocycles. The first-order valence-corrected chi connectivity index (χ1v) is 8.30. The average molecular weight is 417 g/mol. The summed E-state index contributed by atoms with van der Waals surface area (Å²) in [4.78, 5) is 12.3. The first-order chi connectivity index (χ1) is 9.95. The van der Waals surface area contributed by atoms with Crippen LogP contribution in [-0.2, 0) is 6.54 Å². The molecule has 2 heterocycles. The molecule has 0 bridgehead atoms. The molecule has 1 atom stereocenters. The summed E-state index contributed by atoms with van der Waals surface area (Å²) in [6.07, 6.45) is 0. The third kappa shape index (κ3) is 2.82. The SMILES string of the molecule is Cc1c(Nc2ccc(I)cc2F)cc2n(c1=O)CC(N)S2. The van der Waals surface area contributed by atoms with Gasteiger partial charge in [0.05, 0.1) is 22.6 Å². The number of thioether (sulfide) groups is 1. The van der Waals surface area contributed by atoms with Gasteiger partial charge in [-0.3, -0.25) is 4.79 Å². The van der Waals surface area contributed by atoms with Gasteiger partial charge in [-0.1, -0.05) is 11.8 Å². The van der Waals surface area contributed by atoms with Crippen LogP contribution >= 0.6 is 34.4 Å². The van der Waals surface area contributed by atoms with Crippen LogP contribution in [0.5, 0.6) is 0 Å². The third-order valence-electron chi connectivity index (χ3n) is 3.34. The van der Waals surface area contributed by atoms with Gasteiger partial charge in [-0.15, -0.1) is 0 Å². The van der Waals surface area contributed by atoms with Gasteiger partial charge in [-0.2, -0.15) is 0 Å². The number of nitrogens with one attached hydrogen (secondary N) is 1. The smallest absolute Gasteiger partial charge is 0.256 e. The van der Waals surface area contributed by atoms with Crippen molar-refractivity contribution >= 4 is 45.7 Å². The van der Waals surface area contributed by atoms with Gasteiger partial charge in [0.25, 0.3) is 5.56 Å². The summed E-state index contributed by atoms with van der Waals surface area (Å²) in [5.41, 5.74) is 7.32. The maximum atomic E-state index is 13.9. The second-order valence-corrected chi connectivity index (χ2v) is 7.35. The molecular formula is C14H13FIN3OS. The van der Waals surface area contributed by atoms with E-state index >= 15 is 0 Å². The Morgan fingerprint density at radius 1 is 1.43 bits per heavy atom. The van der Waals surface area contributed by atoms with E-state index in [4.69, 9.17) is 5.73 Å². The Morgan fingerprint density at radius 3 is 2.90 bits per heavy atom. The Bertz CT molecular complexity index is 778. The average Bonchev–Trinajstić information content (AvgIpc) is 2.79. The van der Waals surface area contributed by atoms with Crippen molar-refractivity contribution in [2.75, 3.05) is 5.32 Å². The molecule has 0 aliphatic carbocycles. The lowest BCUT2D eigenvalue weighted by Crippen LogP contribution is -2.26. The van der Waals surface area contributed by atoms with Gasteiger partial charge in [-0.05, 0) is 53.8 Å². The van der Waals surface area contributed by atoms with Crippen molar-refractivity contribution < 1.29 is 4.39 Å². The monoisotopic (exact) mass is 417 g/mol. The van der Waals surface area contributed by atoms with Crippen molar-refractivity contribution in [2.24, 2.45) is 5.73 Å². The molecule has 1 unspecified atom stereocenters. The molecule has 4 nitrogen and oxygen atoms in total. The fourth-order valence-corrected chi connectivity index (χ4v) is 3.69. The number of anilines is 2. The zero-order chi connectivity index (χ0) is 15.1. The first kappa shape index (κ1) is 14.9. The second kappa shape index (κ2) is 5.62. The van der Waals surface area contributed by atoms with Crippen LogP contribution in [0.15, 0.2) is 34.1 Å². The number of rotatable bonds is 2. The van der Waals surface area contributed by atoms with E-state index in [-0.39, 0.29) is 16.8 Å². The molecule has 21 heavy (non-hydrogen) atoms. The fraction of sp³-hybridized carbons (Fsp3) is 0.214. The number of hydrogen-bond donors (Lipinski definition) is 2. The fourth-order valence-electron chi connectivity index (χ4n) is 2.24. The van der Waals surface area contributed by atoms with Gasteiger partial charge in [0.15, 0.2) is 0 Å². The summed E-state index contributed by atoms with van der Waals surface area (Å²) >= 11 is 3.50. The molecule has 1 aromatic carbocycles. The van der Waals surface area contributed by atoms with E-state index < -0.39 is 0 Å². The Balaban J connectivity index is 2.02. The summed E-state index contributed by atoms with van der Waals surface area (Å²) in [5.74, 6) is -0.341. The number of nitrogens with zero attached hydrogens (tertiary/aromatic N) is 1. The normalized spacial score (nSPS) is 16.9. The highest BCUT2D eigenvalue weighted by molar-refractivity contribution is 14.1. The molecular weight excluding hydrogens is 404 g/mol. The van der Waals surface area contributed by atoms with Crippen LogP contribution < -0.4 is 16.6 Å². The van der Waals surface area contributed by atoms with Gasteiger partial charge in [0, 0.05) is 14.8 Å². The van der Waals surface area contributed by atoms with E-state index in [2.05, 4.69) is 27.9 Å². The van der Waals surface area contributed by atoms with Gasteiger partial charge in [0.2, 0.25) is 0 Å². The summed E-state index contributed by atoms with van der Waals surface area (Å²) < 4.78 is 16.4. The number of nitrogens with two attached hydrogens (primary N) is 1. The van der Waals surface area contributed by atoms with Crippen molar-refractivity contribution in [3.8, 4) is 0 Å². The van der Waals surface area contributed by atoms with E-state index in [1.54, 1.807) is 17.6 Å². The molecule has 0 spiro atoms. The van der Waals surface area contributed by atoms with E-state index in [0.29, 0.717) is 23.5 Å². The van der Waals surface area contributed by atoms with Gasteiger partial charge >= 0.3 is 0 Å². The summed E-state index contributed by atoms with van der Waals surface area (Å²) in [5, 5.41) is 3.71. The Morgan fingerprint density at radius 2 is 2.19 bits per heavy atom. The lowest BCUT2D eigenvalue weighted by atomic mass is 10.2. The Hall–Kier alpha value is -1.06. The zero-order valence-electron chi connectivity index (χ0n) is 11.2. The highest BCUT2D eigenvalue weighted by Crippen LogP contribution is 2.32. The molecule has 1 aliphatic rings. The maximum absolute atomic E-state index is 13.9. The predicted molar refractivity (Wildman–Crippen MR) is 91.7 cm³/mol. The standard InChI is InChI=1S/C14H13FIN3OS/c1-7-11(18-10-3-2-8(16)4-9(10)15)5-13-19(14(7)20)6-12(17)21-13/h2-5,12,18H,6,17H2,1H3. The summed E-state index contributed by atoms with van der Waals surface area (Å²) in [6, 6.07) is 6.78. The minimum atomic E-state index is -0.341. The van der Waals surface area contributed by atoms with Gasteiger partial charge < -0.3 is 15.6 Å². The molecule has 3 rings (SSSR count). The largest absolute Gasteiger partial charge is 0.353 e. The number of hydrogen-bond acceptors (Lipinski definition) is 4. The van der Waals surface area contributed by atoms with E-state index in [0.717, 1.165) is 8.60 Å². The molecule has 2 aromatic rings. The van der Waals surface area contributed by atoms with Crippen LogP contribution in [0.3, 0.4) is 0 Å². The molecule has 0 amide bonds. The zero-order valence-corrected chi connectivity index (χ0v) is 14.2. The minimum Gasteiger partial charge on any atom is -0.353 e.